The fourth-order valence-corrected chi connectivity index (χ4v) is 13.3. The van der Waals surface area contributed by atoms with E-state index in [1.165, 1.54) is 73.8 Å². The second-order valence-corrected chi connectivity index (χ2v) is 23.7. The van der Waals surface area contributed by atoms with Gasteiger partial charge in [0, 0.05) is 49.0 Å². The maximum atomic E-state index is 7.05. The van der Waals surface area contributed by atoms with E-state index in [0.29, 0.717) is 0 Å². The molecule has 0 saturated carbocycles. The third-order valence-corrected chi connectivity index (χ3v) is 16.5. The van der Waals surface area contributed by atoms with E-state index in [1.54, 1.807) is 15.9 Å². The first-order chi connectivity index (χ1) is 30.0. The van der Waals surface area contributed by atoms with Crippen LogP contribution in [0.15, 0.2) is 129 Å². The second-order valence-electron chi connectivity index (χ2n) is 21.3. The maximum absolute atomic E-state index is 7.05. The summed E-state index contributed by atoms with van der Waals surface area (Å²) in [7, 11) is 0. The molecule has 0 fully saturated rings. The largest absolute Gasteiger partial charge is 0.454 e. The molecule has 0 radical (unpaired) electrons. The third-order valence-electron chi connectivity index (χ3n) is 13.9. The van der Waals surface area contributed by atoms with Crippen molar-refractivity contribution in [3.05, 3.63) is 148 Å². The molecule has 4 heterocycles. The Morgan fingerprint density at radius 1 is 0.571 bits per heavy atom. The average molecular weight is 861 g/mol. The molecule has 0 spiro atoms. The van der Waals surface area contributed by atoms with Crippen molar-refractivity contribution in [3.63, 3.8) is 0 Å². The fourth-order valence-electron chi connectivity index (χ4n) is 10.4. The van der Waals surface area contributed by atoms with Gasteiger partial charge in [-0.05, 0) is 148 Å². The van der Waals surface area contributed by atoms with Gasteiger partial charge in [0.25, 0.3) is 6.71 Å². The normalized spacial score (nSPS) is 14.8. The number of hydrogen-bond donors (Lipinski definition) is 0. The Balaban J connectivity index is 1.21. The van der Waals surface area contributed by atoms with Gasteiger partial charge in [0.1, 0.15) is 5.58 Å². The predicted octanol–water partition coefficient (Wildman–Crippen LogP) is 15.0. The van der Waals surface area contributed by atoms with Crippen molar-refractivity contribution >= 4 is 102 Å². The SMILES string of the molecule is Cc1cccc2c1oc1c(N3c4cc(N(c5ccc(C(C)(C)C)cc5)c5ccc(C(C)(C)C)cc5)ccc4B4c5c(cc(C(C)(C)C)cc53)Sc3sc5c(c34)CCCC5)cccc12. The molecule has 316 valence electrons. The summed E-state index contributed by atoms with van der Waals surface area (Å²) >= 11 is 4.10. The van der Waals surface area contributed by atoms with E-state index in [9.17, 15) is 0 Å². The molecular formula is C57H57BN2OS2. The van der Waals surface area contributed by atoms with E-state index in [2.05, 4.69) is 206 Å². The van der Waals surface area contributed by atoms with Gasteiger partial charge >= 0.3 is 0 Å². The number of nitrogens with zero attached hydrogens (tertiary/aromatic N) is 2. The summed E-state index contributed by atoms with van der Waals surface area (Å²) < 4.78 is 8.54. The van der Waals surface area contributed by atoms with E-state index in [0.717, 1.165) is 50.3 Å². The van der Waals surface area contributed by atoms with Gasteiger partial charge in [-0.15, -0.1) is 11.3 Å². The standard InChI is InChI=1S/C57H57BN2OS2/c1-34-15-13-17-41-42-18-14-19-45(53(42)61-52(34)41)60-46-33-40(59(38-25-21-35(22-26-38)55(2,3)4)39-27-23-36(24-28-39)56(5,6)7)29-30-44(46)58-50-43-16-11-12-20-48(43)62-54(50)63-49-32-37(57(8,9)10)31-47(60)51(49)58/h13-15,17-19,21-33H,11-12,16,20H2,1-10H3. The lowest BCUT2D eigenvalue weighted by molar-refractivity contribution is 0.589. The fraction of sp³-hybridized carbons (Fsp3) is 0.298. The molecule has 2 aliphatic heterocycles. The van der Waals surface area contributed by atoms with E-state index < -0.39 is 0 Å². The van der Waals surface area contributed by atoms with E-state index in [-0.39, 0.29) is 23.0 Å². The number of para-hydroxylation sites is 2. The highest BCUT2D eigenvalue weighted by Crippen LogP contribution is 2.50. The molecule has 6 aromatic carbocycles. The van der Waals surface area contributed by atoms with Crippen LogP contribution in [0.4, 0.5) is 34.1 Å². The zero-order valence-corrected chi connectivity index (χ0v) is 40.1. The first kappa shape index (κ1) is 40.6. The Morgan fingerprint density at radius 2 is 1.17 bits per heavy atom. The number of rotatable bonds is 4. The maximum Gasteiger partial charge on any atom is 0.251 e. The molecule has 0 N–H and O–H groups in total. The summed E-state index contributed by atoms with van der Waals surface area (Å²) in [6.07, 6.45) is 4.91. The summed E-state index contributed by atoms with van der Waals surface area (Å²) in [5, 5.41) is 2.31. The van der Waals surface area contributed by atoms with Crippen molar-refractivity contribution in [1.82, 2.24) is 0 Å². The van der Waals surface area contributed by atoms with E-state index in [1.807, 2.05) is 11.8 Å². The summed E-state index contributed by atoms with van der Waals surface area (Å²) in [5.74, 6) is 0. The third kappa shape index (κ3) is 6.61. The number of aryl methyl sites for hydroxylation is 2. The molecule has 1 aliphatic carbocycles. The number of benzene rings is 6. The van der Waals surface area contributed by atoms with Crippen molar-refractivity contribution in [3.8, 4) is 0 Å². The van der Waals surface area contributed by atoms with Crippen LogP contribution in [0.2, 0.25) is 0 Å². The minimum Gasteiger partial charge on any atom is -0.454 e. The number of fused-ring (bicyclic) bond motifs is 9. The van der Waals surface area contributed by atoms with Crippen LogP contribution in [0.3, 0.4) is 0 Å². The molecule has 0 saturated heterocycles. The number of hydrogen-bond acceptors (Lipinski definition) is 5. The van der Waals surface area contributed by atoms with Crippen LogP contribution >= 0.6 is 23.1 Å². The molecule has 0 amide bonds. The van der Waals surface area contributed by atoms with Crippen molar-refractivity contribution in [2.75, 3.05) is 9.80 Å². The van der Waals surface area contributed by atoms with Gasteiger partial charge in [-0.3, -0.25) is 0 Å². The minimum atomic E-state index is -0.0535. The summed E-state index contributed by atoms with van der Waals surface area (Å²) in [6.45, 7) is 23.1. The molecule has 0 atom stereocenters. The molecule has 63 heavy (non-hydrogen) atoms. The van der Waals surface area contributed by atoms with E-state index >= 15 is 0 Å². The molecule has 3 aliphatic rings. The second kappa shape index (κ2) is 14.4. The lowest BCUT2D eigenvalue weighted by Crippen LogP contribution is -2.60. The van der Waals surface area contributed by atoms with Crippen LogP contribution in [0, 0.1) is 6.92 Å². The Morgan fingerprint density at radius 3 is 1.83 bits per heavy atom. The highest BCUT2D eigenvalue weighted by Gasteiger charge is 2.45. The minimum absolute atomic E-state index is 0.0520. The lowest BCUT2D eigenvalue weighted by Gasteiger charge is -2.41. The summed E-state index contributed by atoms with van der Waals surface area (Å²) in [5.41, 5.74) is 20.0. The topological polar surface area (TPSA) is 19.6 Å². The smallest absolute Gasteiger partial charge is 0.251 e. The van der Waals surface area contributed by atoms with Gasteiger partial charge in [-0.1, -0.05) is 135 Å². The van der Waals surface area contributed by atoms with Crippen LogP contribution in [-0.4, -0.2) is 6.71 Å². The van der Waals surface area contributed by atoms with Crippen molar-refractivity contribution < 1.29 is 4.42 Å². The zero-order valence-electron chi connectivity index (χ0n) is 38.5. The van der Waals surface area contributed by atoms with Crippen LogP contribution in [0.5, 0.6) is 0 Å². The highest BCUT2D eigenvalue weighted by atomic mass is 32.2. The zero-order chi connectivity index (χ0) is 43.7. The molecule has 11 rings (SSSR count). The van der Waals surface area contributed by atoms with Gasteiger partial charge in [-0.25, -0.2) is 0 Å². The summed E-state index contributed by atoms with van der Waals surface area (Å²) in [4.78, 5) is 8.04. The van der Waals surface area contributed by atoms with Gasteiger partial charge in [0.15, 0.2) is 5.58 Å². The predicted molar refractivity (Wildman–Crippen MR) is 274 cm³/mol. The van der Waals surface area contributed by atoms with Gasteiger partial charge < -0.3 is 14.2 Å². The van der Waals surface area contributed by atoms with Crippen molar-refractivity contribution in [2.24, 2.45) is 0 Å². The van der Waals surface area contributed by atoms with Gasteiger partial charge in [0.2, 0.25) is 0 Å². The average Bonchev–Trinajstić information content (AvgIpc) is 3.82. The molecular weight excluding hydrogens is 804 g/mol. The Hall–Kier alpha value is -5.17. The molecule has 2 aromatic heterocycles. The van der Waals surface area contributed by atoms with Crippen LogP contribution < -0.4 is 26.2 Å². The molecule has 8 aromatic rings. The van der Waals surface area contributed by atoms with Crippen molar-refractivity contribution in [1.29, 1.82) is 0 Å². The van der Waals surface area contributed by atoms with Gasteiger partial charge in [-0.2, -0.15) is 0 Å². The molecule has 6 heteroatoms. The van der Waals surface area contributed by atoms with Crippen LogP contribution in [0.1, 0.15) is 108 Å². The van der Waals surface area contributed by atoms with Crippen LogP contribution in [-0.2, 0) is 29.1 Å². The van der Waals surface area contributed by atoms with Crippen molar-refractivity contribution in [2.45, 2.75) is 120 Å². The Labute approximate surface area is 382 Å². The van der Waals surface area contributed by atoms with Gasteiger partial charge in [0.05, 0.1) is 9.90 Å². The van der Waals surface area contributed by atoms with E-state index in [4.69, 9.17) is 4.42 Å². The Kier molecular flexibility index (Phi) is 9.29. The molecule has 0 unspecified atom stereocenters. The first-order valence-electron chi connectivity index (χ1n) is 22.9. The number of thiophene rings is 1. The highest BCUT2D eigenvalue weighted by molar-refractivity contribution is 8.02. The molecule has 0 bridgehead atoms. The Bertz CT molecular complexity index is 3060. The number of anilines is 6. The lowest BCUT2D eigenvalue weighted by atomic mass is 9.34. The van der Waals surface area contributed by atoms with Crippen LogP contribution in [0.25, 0.3) is 21.9 Å². The molecule has 3 nitrogen and oxygen atoms in total. The summed E-state index contributed by atoms with van der Waals surface area (Å²) in [6, 6.07) is 44.2. The quantitative estimate of drug-likeness (QED) is 0.164. The first-order valence-corrected chi connectivity index (χ1v) is 24.5. The monoisotopic (exact) mass is 860 g/mol. The number of furan rings is 1.